The molecule has 1 fully saturated rings. The maximum Gasteiger partial charge on any atom is 0.422 e. The van der Waals surface area contributed by atoms with E-state index >= 15 is 0 Å². The monoisotopic (exact) mass is 343 g/mol. The fraction of sp³-hybridized carbons (Fsp3) is 0.467. The molecule has 0 atom stereocenters. The first-order valence-electron chi connectivity index (χ1n) is 7.39. The van der Waals surface area contributed by atoms with E-state index in [1.54, 1.807) is 12.1 Å². The predicted octanol–water partition coefficient (Wildman–Crippen LogP) is 2.93. The van der Waals surface area contributed by atoms with E-state index in [-0.39, 0.29) is 24.0 Å². The third-order valence-corrected chi connectivity index (χ3v) is 3.75. The number of ether oxygens (including phenoxy) is 2. The molecule has 1 heterocycles. The summed E-state index contributed by atoms with van der Waals surface area (Å²) in [4.78, 5) is 4.19. The van der Waals surface area contributed by atoms with Crippen LogP contribution >= 0.6 is 0 Å². The number of nitrogens with zero attached hydrogens (tertiary/aromatic N) is 2. The quantitative estimate of drug-likeness (QED) is 0.868. The van der Waals surface area contributed by atoms with E-state index in [1.807, 2.05) is 0 Å². The second-order valence-electron chi connectivity index (χ2n) is 5.66. The van der Waals surface area contributed by atoms with E-state index in [0.29, 0.717) is 5.82 Å². The van der Waals surface area contributed by atoms with E-state index in [0.717, 1.165) is 19.3 Å². The average Bonchev–Trinajstić information content (AvgIpc) is 2.98. The van der Waals surface area contributed by atoms with Gasteiger partial charge < -0.3 is 19.7 Å². The third-order valence-electron chi connectivity index (χ3n) is 3.75. The maximum absolute atomic E-state index is 12.3. The van der Waals surface area contributed by atoms with Crippen LogP contribution < -0.4 is 15.2 Å². The molecule has 0 radical (unpaired) electrons. The molecule has 1 aliphatic rings. The van der Waals surface area contributed by atoms with Crippen molar-refractivity contribution < 1.29 is 27.2 Å². The van der Waals surface area contributed by atoms with Gasteiger partial charge in [-0.1, -0.05) is 17.3 Å². The molecule has 9 heteroatoms. The highest BCUT2D eigenvalue weighted by atomic mass is 19.4. The summed E-state index contributed by atoms with van der Waals surface area (Å²) in [6, 6.07) is 6.07. The lowest BCUT2D eigenvalue weighted by atomic mass is 9.77. The second kappa shape index (κ2) is 6.31. The molecule has 0 spiro atoms. The Balaban J connectivity index is 1.62. The molecule has 1 aromatic heterocycles. The van der Waals surface area contributed by atoms with Crippen molar-refractivity contribution in [3.63, 3.8) is 0 Å². The summed E-state index contributed by atoms with van der Waals surface area (Å²) < 4.78 is 52.1. The second-order valence-corrected chi connectivity index (χ2v) is 5.66. The summed E-state index contributed by atoms with van der Waals surface area (Å²) in [5, 5.41) is 3.84. The Hall–Kier alpha value is -2.29. The Kier molecular flexibility index (Phi) is 4.35. The maximum atomic E-state index is 12.3. The van der Waals surface area contributed by atoms with Crippen molar-refractivity contribution in [3.8, 4) is 11.5 Å². The van der Waals surface area contributed by atoms with E-state index in [4.69, 9.17) is 19.7 Å². The highest BCUT2D eigenvalue weighted by Gasteiger charge is 2.39. The van der Waals surface area contributed by atoms with Crippen molar-refractivity contribution in [1.29, 1.82) is 0 Å². The summed E-state index contributed by atoms with van der Waals surface area (Å²) in [6.07, 6.45) is -1.82. The Labute approximate surface area is 135 Å². The molecular formula is C15H16F3N3O3. The van der Waals surface area contributed by atoms with Gasteiger partial charge in [0.15, 0.2) is 30.5 Å². The summed E-state index contributed by atoms with van der Waals surface area (Å²) in [6.45, 7) is -1.48. The number of rotatable bonds is 6. The molecule has 0 amide bonds. The lowest BCUT2D eigenvalue weighted by Crippen LogP contribution is -2.44. The van der Waals surface area contributed by atoms with Crippen molar-refractivity contribution >= 4 is 0 Å². The number of aromatic nitrogens is 2. The van der Waals surface area contributed by atoms with Gasteiger partial charge in [-0.05, 0) is 31.4 Å². The minimum absolute atomic E-state index is 0.0103. The Morgan fingerprint density at radius 1 is 1.17 bits per heavy atom. The molecule has 1 aliphatic carbocycles. The van der Waals surface area contributed by atoms with Crippen LogP contribution in [0.1, 0.15) is 31.0 Å². The number of hydrogen-bond acceptors (Lipinski definition) is 6. The topological polar surface area (TPSA) is 83.4 Å². The molecule has 2 N–H and O–H groups in total. The first-order chi connectivity index (χ1) is 11.4. The van der Waals surface area contributed by atoms with Crippen molar-refractivity contribution in [2.45, 2.75) is 37.6 Å². The first-order valence-corrected chi connectivity index (χ1v) is 7.39. The molecule has 0 aliphatic heterocycles. The number of nitrogens with two attached hydrogens (primary N) is 1. The molecule has 1 aromatic carbocycles. The van der Waals surface area contributed by atoms with Gasteiger partial charge in [0.1, 0.15) is 0 Å². The predicted molar refractivity (Wildman–Crippen MR) is 76.3 cm³/mol. The van der Waals surface area contributed by atoms with Crippen LogP contribution in [0.3, 0.4) is 0 Å². The molecule has 0 saturated heterocycles. The van der Waals surface area contributed by atoms with Crippen molar-refractivity contribution in [3.05, 3.63) is 36.0 Å². The van der Waals surface area contributed by atoms with Gasteiger partial charge in [-0.25, -0.2) is 0 Å². The minimum Gasteiger partial charge on any atom is -0.480 e. The van der Waals surface area contributed by atoms with Crippen LogP contribution in [-0.4, -0.2) is 22.9 Å². The fourth-order valence-corrected chi connectivity index (χ4v) is 2.28. The van der Waals surface area contributed by atoms with Crippen LogP contribution in [0.5, 0.6) is 11.5 Å². The zero-order valence-electron chi connectivity index (χ0n) is 12.7. The Morgan fingerprint density at radius 3 is 2.42 bits per heavy atom. The van der Waals surface area contributed by atoms with Gasteiger partial charge in [0.2, 0.25) is 0 Å². The molecular weight excluding hydrogens is 327 g/mol. The minimum atomic E-state index is -4.42. The summed E-state index contributed by atoms with van der Waals surface area (Å²) in [5.74, 6) is 0.776. The fourth-order valence-electron chi connectivity index (χ4n) is 2.28. The number of halogens is 3. The van der Waals surface area contributed by atoms with E-state index in [2.05, 4.69) is 10.1 Å². The van der Waals surface area contributed by atoms with Gasteiger partial charge in [0.05, 0.1) is 5.54 Å². The molecule has 2 aromatic rings. The third kappa shape index (κ3) is 3.78. The van der Waals surface area contributed by atoms with Gasteiger partial charge in [-0.2, -0.15) is 18.2 Å². The van der Waals surface area contributed by atoms with Crippen LogP contribution in [0, 0.1) is 0 Å². The standard InChI is InChI=1S/C15H16F3N3O3/c16-15(17,18)9-23-11-5-2-1-4-10(11)22-8-12-20-13(21-24-12)14(19)6-3-7-14/h1-2,4-5H,3,6-9,19H2. The van der Waals surface area contributed by atoms with Crippen LogP contribution in [-0.2, 0) is 12.1 Å². The van der Waals surface area contributed by atoms with Crippen molar-refractivity contribution in [2.75, 3.05) is 6.61 Å². The zero-order chi connectivity index (χ0) is 17.2. The van der Waals surface area contributed by atoms with Crippen LogP contribution in [0.25, 0.3) is 0 Å². The van der Waals surface area contributed by atoms with Crippen LogP contribution in [0.4, 0.5) is 13.2 Å². The van der Waals surface area contributed by atoms with E-state index in [9.17, 15) is 13.2 Å². The van der Waals surface area contributed by atoms with Gasteiger partial charge in [0, 0.05) is 0 Å². The highest BCUT2D eigenvalue weighted by molar-refractivity contribution is 5.39. The molecule has 24 heavy (non-hydrogen) atoms. The summed E-state index contributed by atoms with van der Waals surface area (Å²) in [7, 11) is 0. The zero-order valence-corrected chi connectivity index (χ0v) is 12.7. The van der Waals surface area contributed by atoms with Gasteiger partial charge in [-0.3, -0.25) is 0 Å². The number of alkyl halides is 3. The number of hydrogen-bond donors (Lipinski definition) is 1. The van der Waals surface area contributed by atoms with Crippen LogP contribution in [0.15, 0.2) is 28.8 Å². The smallest absolute Gasteiger partial charge is 0.422 e. The Bertz CT molecular complexity index is 699. The molecule has 0 unspecified atom stereocenters. The van der Waals surface area contributed by atoms with E-state index < -0.39 is 18.3 Å². The number of para-hydroxylation sites is 2. The van der Waals surface area contributed by atoms with Crippen molar-refractivity contribution in [1.82, 2.24) is 10.1 Å². The lowest BCUT2D eigenvalue weighted by Gasteiger charge is -2.34. The lowest BCUT2D eigenvalue weighted by molar-refractivity contribution is -0.153. The largest absolute Gasteiger partial charge is 0.480 e. The molecule has 3 rings (SSSR count). The first kappa shape index (κ1) is 16.6. The van der Waals surface area contributed by atoms with Gasteiger partial charge in [-0.15, -0.1) is 0 Å². The number of benzene rings is 1. The molecule has 6 nitrogen and oxygen atoms in total. The Morgan fingerprint density at radius 2 is 1.83 bits per heavy atom. The van der Waals surface area contributed by atoms with E-state index in [1.165, 1.54) is 12.1 Å². The van der Waals surface area contributed by atoms with Gasteiger partial charge >= 0.3 is 6.18 Å². The highest BCUT2D eigenvalue weighted by Crippen LogP contribution is 2.37. The SMILES string of the molecule is NC1(c2noc(COc3ccccc3OCC(F)(F)F)n2)CCC1. The molecule has 0 bridgehead atoms. The van der Waals surface area contributed by atoms with Crippen LogP contribution in [0.2, 0.25) is 0 Å². The molecule has 130 valence electrons. The normalized spacial score (nSPS) is 16.5. The molecule has 1 saturated carbocycles. The average molecular weight is 343 g/mol. The summed E-state index contributed by atoms with van der Waals surface area (Å²) in [5.41, 5.74) is 5.55. The summed E-state index contributed by atoms with van der Waals surface area (Å²) >= 11 is 0. The van der Waals surface area contributed by atoms with Gasteiger partial charge in [0.25, 0.3) is 5.89 Å². The van der Waals surface area contributed by atoms with Crippen molar-refractivity contribution in [2.24, 2.45) is 5.73 Å².